The van der Waals surface area contributed by atoms with Gasteiger partial charge in [-0.05, 0) is 18.3 Å². The van der Waals surface area contributed by atoms with Crippen LogP contribution in [0.3, 0.4) is 0 Å². The van der Waals surface area contributed by atoms with Crippen molar-refractivity contribution in [2.24, 2.45) is 17.6 Å². The smallest absolute Gasteiger partial charge is 0.307 e. The van der Waals surface area contributed by atoms with E-state index in [-0.39, 0.29) is 12.0 Å². The number of hydrogen-bond acceptors (Lipinski definition) is 3. The third kappa shape index (κ3) is 4.52. The second-order valence-electron chi connectivity index (χ2n) is 5.15. The van der Waals surface area contributed by atoms with Gasteiger partial charge in [-0.1, -0.05) is 39.0 Å². The molecule has 0 bridgehead atoms. The summed E-state index contributed by atoms with van der Waals surface area (Å²) in [5.74, 6) is 1.26. The molecule has 3 nitrogen and oxygen atoms in total. The fraction of sp³-hybridized carbons (Fsp3) is 0.923. The fourth-order valence-corrected chi connectivity index (χ4v) is 2.75. The average Bonchev–Trinajstić information content (AvgIpc) is 2.29. The van der Waals surface area contributed by atoms with Crippen molar-refractivity contribution in [2.75, 3.05) is 7.11 Å². The highest BCUT2D eigenvalue weighted by molar-refractivity contribution is 5.69. The molecule has 1 rings (SSSR count). The molecule has 0 radical (unpaired) electrons. The van der Waals surface area contributed by atoms with Gasteiger partial charge in [-0.25, -0.2) is 0 Å². The molecule has 1 aliphatic carbocycles. The van der Waals surface area contributed by atoms with E-state index in [1.807, 2.05) is 0 Å². The highest BCUT2D eigenvalue weighted by Gasteiger charge is 2.22. The van der Waals surface area contributed by atoms with Crippen molar-refractivity contribution in [1.29, 1.82) is 0 Å². The van der Waals surface area contributed by atoms with Gasteiger partial charge in [-0.2, -0.15) is 0 Å². The van der Waals surface area contributed by atoms with Crippen molar-refractivity contribution in [1.82, 2.24) is 0 Å². The quantitative estimate of drug-likeness (QED) is 0.734. The summed E-state index contributed by atoms with van der Waals surface area (Å²) in [7, 11) is 1.42. The fourth-order valence-electron chi connectivity index (χ4n) is 2.75. The lowest BCUT2D eigenvalue weighted by Crippen LogP contribution is -2.29. The van der Waals surface area contributed by atoms with Crippen molar-refractivity contribution in [3.05, 3.63) is 0 Å². The molecule has 1 saturated carbocycles. The summed E-state index contributed by atoms with van der Waals surface area (Å²) in [5.41, 5.74) is 5.96. The topological polar surface area (TPSA) is 52.3 Å². The largest absolute Gasteiger partial charge is 0.469 e. The molecular formula is C13H25NO2. The van der Waals surface area contributed by atoms with Crippen LogP contribution in [0.15, 0.2) is 0 Å². The predicted octanol–water partition coefficient (Wildman–Crippen LogP) is 2.48. The summed E-state index contributed by atoms with van der Waals surface area (Å²) in [5, 5.41) is 0. The van der Waals surface area contributed by atoms with E-state index in [9.17, 15) is 4.79 Å². The second-order valence-corrected chi connectivity index (χ2v) is 5.15. The number of ether oxygens (including phenoxy) is 1. The Morgan fingerprint density at radius 2 is 2.00 bits per heavy atom. The third-order valence-electron chi connectivity index (χ3n) is 3.79. The number of carbonyl (C=O) groups excluding carboxylic acids is 1. The summed E-state index contributed by atoms with van der Waals surface area (Å²) in [6.45, 7) is 2.27. The standard InChI is InChI=1S/C13H25NO2/c1-10(11-6-4-3-5-7-11)8-12(14)9-13(15)16-2/h10-12H,3-9,14H2,1-2H3. The molecule has 3 heteroatoms. The summed E-state index contributed by atoms with van der Waals surface area (Å²) in [6.07, 6.45) is 8.09. The Hall–Kier alpha value is -0.570. The first-order chi connectivity index (χ1) is 7.63. The van der Waals surface area contributed by atoms with Crippen LogP contribution in [0.5, 0.6) is 0 Å². The molecule has 0 aromatic carbocycles. The van der Waals surface area contributed by atoms with Gasteiger partial charge in [-0.3, -0.25) is 4.79 Å². The summed E-state index contributed by atoms with van der Waals surface area (Å²) < 4.78 is 4.63. The molecule has 0 heterocycles. The molecule has 2 atom stereocenters. The van der Waals surface area contributed by atoms with E-state index < -0.39 is 0 Å². The summed E-state index contributed by atoms with van der Waals surface area (Å²) in [4.78, 5) is 11.1. The zero-order chi connectivity index (χ0) is 12.0. The van der Waals surface area contributed by atoms with E-state index in [0.717, 1.165) is 12.3 Å². The van der Waals surface area contributed by atoms with Gasteiger partial charge < -0.3 is 10.5 Å². The summed E-state index contributed by atoms with van der Waals surface area (Å²) >= 11 is 0. The van der Waals surface area contributed by atoms with Crippen molar-refractivity contribution < 1.29 is 9.53 Å². The van der Waals surface area contributed by atoms with E-state index in [1.165, 1.54) is 39.2 Å². The maximum atomic E-state index is 11.1. The predicted molar refractivity (Wildman–Crippen MR) is 65.0 cm³/mol. The molecule has 0 aromatic heterocycles. The minimum atomic E-state index is -0.191. The Morgan fingerprint density at radius 1 is 1.38 bits per heavy atom. The minimum absolute atomic E-state index is 0.0376. The van der Waals surface area contributed by atoms with Gasteiger partial charge in [0.1, 0.15) is 0 Å². The van der Waals surface area contributed by atoms with Crippen LogP contribution in [0.4, 0.5) is 0 Å². The molecule has 0 amide bonds. The molecule has 0 aromatic rings. The van der Waals surface area contributed by atoms with Gasteiger partial charge in [0.05, 0.1) is 13.5 Å². The van der Waals surface area contributed by atoms with Gasteiger partial charge in [0.15, 0.2) is 0 Å². The number of methoxy groups -OCH3 is 1. The van der Waals surface area contributed by atoms with E-state index in [2.05, 4.69) is 11.7 Å². The Balaban J connectivity index is 2.26. The van der Waals surface area contributed by atoms with Gasteiger partial charge in [-0.15, -0.1) is 0 Å². The lowest BCUT2D eigenvalue weighted by molar-refractivity contribution is -0.141. The van der Waals surface area contributed by atoms with Gasteiger partial charge in [0.25, 0.3) is 0 Å². The first-order valence-electron chi connectivity index (χ1n) is 6.46. The van der Waals surface area contributed by atoms with Crippen LogP contribution in [0.2, 0.25) is 0 Å². The van der Waals surface area contributed by atoms with Gasteiger partial charge in [0, 0.05) is 6.04 Å². The Kier molecular flexibility index (Phi) is 5.81. The average molecular weight is 227 g/mol. The lowest BCUT2D eigenvalue weighted by Gasteiger charge is -2.29. The number of hydrogen-bond donors (Lipinski definition) is 1. The van der Waals surface area contributed by atoms with Crippen molar-refractivity contribution in [3.63, 3.8) is 0 Å². The number of esters is 1. The number of carbonyl (C=O) groups is 1. The van der Waals surface area contributed by atoms with E-state index in [1.54, 1.807) is 0 Å². The van der Waals surface area contributed by atoms with Crippen LogP contribution in [0.25, 0.3) is 0 Å². The van der Waals surface area contributed by atoms with Crippen LogP contribution >= 0.6 is 0 Å². The van der Waals surface area contributed by atoms with Crippen LogP contribution in [0, 0.1) is 11.8 Å². The van der Waals surface area contributed by atoms with E-state index in [0.29, 0.717) is 12.3 Å². The Morgan fingerprint density at radius 3 is 2.56 bits per heavy atom. The van der Waals surface area contributed by atoms with E-state index in [4.69, 9.17) is 5.73 Å². The molecule has 0 aliphatic heterocycles. The van der Waals surface area contributed by atoms with Crippen LogP contribution in [-0.2, 0) is 9.53 Å². The highest BCUT2D eigenvalue weighted by Crippen LogP contribution is 2.32. The van der Waals surface area contributed by atoms with Crippen LogP contribution in [-0.4, -0.2) is 19.1 Å². The zero-order valence-electron chi connectivity index (χ0n) is 10.6. The first kappa shape index (κ1) is 13.5. The molecule has 94 valence electrons. The molecule has 1 aliphatic rings. The molecule has 2 N–H and O–H groups in total. The van der Waals surface area contributed by atoms with E-state index >= 15 is 0 Å². The Bertz CT molecular complexity index is 212. The molecule has 2 unspecified atom stereocenters. The van der Waals surface area contributed by atoms with Crippen LogP contribution in [0.1, 0.15) is 51.9 Å². The number of rotatable bonds is 5. The normalized spacial score (nSPS) is 21.4. The molecule has 0 saturated heterocycles. The minimum Gasteiger partial charge on any atom is -0.469 e. The third-order valence-corrected chi connectivity index (χ3v) is 3.79. The number of nitrogens with two attached hydrogens (primary N) is 1. The Labute approximate surface area is 98.7 Å². The second kappa shape index (κ2) is 6.89. The van der Waals surface area contributed by atoms with Gasteiger partial charge >= 0.3 is 5.97 Å². The highest BCUT2D eigenvalue weighted by atomic mass is 16.5. The molecule has 16 heavy (non-hydrogen) atoms. The van der Waals surface area contributed by atoms with Gasteiger partial charge in [0.2, 0.25) is 0 Å². The van der Waals surface area contributed by atoms with Crippen LogP contribution < -0.4 is 5.73 Å². The molecule has 1 fully saturated rings. The first-order valence-corrected chi connectivity index (χ1v) is 6.46. The van der Waals surface area contributed by atoms with Crippen molar-refractivity contribution in [2.45, 2.75) is 57.9 Å². The summed E-state index contributed by atoms with van der Waals surface area (Å²) in [6, 6.07) is -0.0376. The zero-order valence-corrected chi connectivity index (χ0v) is 10.6. The van der Waals surface area contributed by atoms with Crippen molar-refractivity contribution in [3.8, 4) is 0 Å². The van der Waals surface area contributed by atoms with Crippen molar-refractivity contribution >= 4 is 5.97 Å². The lowest BCUT2D eigenvalue weighted by atomic mass is 9.78. The molecule has 0 spiro atoms. The monoisotopic (exact) mass is 227 g/mol. The maximum Gasteiger partial charge on any atom is 0.307 e. The molecular weight excluding hydrogens is 202 g/mol. The maximum absolute atomic E-state index is 11.1. The SMILES string of the molecule is COC(=O)CC(N)CC(C)C1CCCCC1.